The number of rotatable bonds is 6. The predicted molar refractivity (Wildman–Crippen MR) is 80.8 cm³/mol. The van der Waals surface area contributed by atoms with Crippen LogP contribution in [0.3, 0.4) is 0 Å². The van der Waals surface area contributed by atoms with E-state index in [2.05, 4.69) is 15.1 Å². The minimum atomic E-state index is -0.204. The van der Waals surface area contributed by atoms with Crippen LogP contribution in [-0.2, 0) is 16.1 Å². The molecular weight excluding hydrogens is 268 g/mol. The lowest BCUT2D eigenvalue weighted by atomic mass is 9.87. The number of nitrogens with zero attached hydrogens (tertiary/aromatic N) is 3. The molecule has 6 nitrogen and oxygen atoms in total. The van der Waals surface area contributed by atoms with Gasteiger partial charge in [0.15, 0.2) is 0 Å². The van der Waals surface area contributed by atoms with Crippen LogP contribution in [0.25, 0.3) is 0 Å². The molecular formula is C15H26N4O2. The van der Waals surface area contributed by atoms with Gasteiger partial charge in [0.05, 0.1) is 5.60 Å². The Labute approximate surface area is 126 Å². The van der Waals surface area contributed by atoms with Gasteiger partial charge < -0.3 is 9.64 Å². The van der Waals surface area contributed by atoms with Crippen LogP contribution in [0, 0.1) is 0 Å². The van der Waals surface area contributed by atoms with Crippen LogP contribution in [0.2, 0.25) is 0 Å². The van der Waals surface area contributed by atoms with Crippen LogP contribution in [0.15, 0.2) is 12.3 Å². The maximum absolute atomic E-state index is 11.8. The van der Waals surface area contributed by atoms with E-state index in [1.165, 1.54) is 0 Å². The largest absolute Gasteiger partial charge is 0.377 e. The number of nitrogens with one attached hydrogen (secondary N) is 1. The molecule has 1 fully saturated rings. The van der Waals surface area contributed by atoms with Crippen molar-refractivity contribution in [1.82, 2.24) is 20.0 Å². The highest BCUT2D eigenvalue weighted by atomic mass is 16.5. The SMILES string of the molecule is CO[C@@]1(CCC(=O)N(C)C)CCCN(Cc2ccn[nH]2)C1. The average Bonchev–Trinajstić information content (AvgIpc) is 2.98. The Morgan fingerprint density at radius 1 is 1.57 bits per heavy atom. The number of methoxy groups -OCH3 is 1. The summed E-state index contributed by atoms with van der Waals surface area (Å²) in [5, 5.41) is 6.99. The number of carbonyl (C=O) groups excluding carboxylic acids is 1. The van der Waals surface area contributed by atoms with Gasteiger partial charge in [-0.15, -0.1) is 0 Å². The first-order valence-corrected chi connectivity index (χ1v) is 7.50. The van der Waals surface area contributed by atoms with Gasteiger partial charge in [0.2, 0.25) is 5.91 Å². The van der Waals surface area contributed by atoms with Crippen molar-refractivity contribution in [1.29, 1.82) is 0 Å². The van der Waals surface area contributed by atoms with Crippen LogP contribution in [0.1, 0.15) is 31.4 Å². The number of carbonyl (C=O) groups is 1. The van der Waals surface area contributed by atoms with Gasteiger partial charge in [0.25, 0.3) is 0 Å². The molecule has 1 aliphatic heterocycles. The Balaban J connectivity index is 1.93. The molecule has 1 aliphatic rings. The molecule has 1 N–H and O–H groups in total. The van der Waals surface area contributed by atoms with E-state index in [0.29, 0.717) is 6.42 Å². The van der Waals surface area contributed by atoms with Gasteiger partial charge in [0.1, 0.15) is 0 Å². The summed E-state index contributed by atoms with van der Waals surface area (Å²) >= 11 is 0. The predicted octanol–water partition coefficient (Wildman–Crippen LogP) is 1.26. The summed E-state index contributed by atoms with van der Waals surface area (Å²) in [6, 6.07) is 2.00. The van der Waals surface area contributed by atoms with E-state index in [1.54, 1.807) is 32.3 Å². The van der Waals surface area contributed by atoms with E-state index in [1.807, 2.05) is 6.07 Å². The summed E-state index contributed by atoms with van der Waals surface area (Å²) < 4.78 is 5.82. The third-order valence-corrected chi connectivity index (χ3v) is 4.30. The number of ether oxygens (including phenoxy) is 1. The molecule has 0 unspecified atom stereocenters. The van der Waals surface area contributed by atoms with Crippen molar-refractivity contribution in [2.24, 2.45) is 0 Å². The van der Waals surface area contributed by atoms with Crippen molar-refractivity contribution in [3.63, 3.8) is 0 Å². The maximum atomic E-state index is 11.8. The standard InChI is InChI=1S/C15H26N4O2/c1-18(2)14(20)5-8-15(21-3)7-4-10-19(12-15)11-13-6-9-16-17-13/h6,9H,4-5,7-8,10-12H2,1-3H3,(H,16,17)/t15-/m1/s1. The van der Waals surface area contributed by atoms with Crippen molar-refractivity contribution in [2.45, 2.75) is 37.8 Å². The number of aromatic amines is 1. The molecule has 0 radical (unpaired) electrons. The zero-order valence-corrected chi connectivity index (χ0v) is 13.3. The molecule has 118 valence electrons. The number of piperidine rings is 1. The van der Waals surface area contributed by atoms with Crippen LogP contribution < -0.4 is 0 Å². The monoisotopic (exact) mass is 294 g/mol. The molecule has 0 bridgehead atoms. The van der Waals surface area contributed by atoms with E-state index in [9.17, 15) is 4.79 Å². The summed E-state index contributed by atoms with van der Waals surface area (Å²) in [7, 11) is 5.36. The first kappa shape index (κ1) is 16.0. The normalized spacial score (nSPS) is 23.2. The Bertz CT molecular complexity index is 447. The maximum Gasteiger partial charge on any atom is 0.222 e. The van der Waals surface area contributed by atoms with Gasteiger partial charge in [0, 0.05) is 52.6 Å². The number of aromatic nitrogens is 2. The smallest absolute Gasteiger partial charge is 0.222 e. The molecule has 21 heavy (non-hydrogen) atoms. The van der Waals surface area contributed by atoms with Crippen molar-refractivity contribution in [3.05, 3.63) is 18.0 Å². The van der Waals surface area contributed by atoms with E-state index in [4.69, 9.17) is 4.74 Å². The molecule has 2 rings (SSSR count). The van der Waals surface area contributed by atoms with E-state index < -0.39 is 0 Å². The first-order valence-electron chi connectivity index (χ1n) is 7.50. The highest BCUT2D eigenvalue weighted by Crippen LogP contribution is 2.30. The van der Waals surface area contributed by atoms with Crippen molar-refractivity contribution in [2.75, 3.05) is 34.3 Å². The molecule has 0 aromatic carbocycles. The van der Waals surface area contributed by atoms with Crippen LogP contribution in [0.5, 0.6) is 0 Å². The lowest BCUT2D eigenvalue weighted by Crippen LogP contribution is -2.49. The fourth-order valence-corrected chi connectivity index (χ4v) is 2.97. The molecule has 0 aliphatic carbocycles. The topological polar surface area (TPSA) is 61.5 Å². The van der Waals surface area contributed by atoms with Gasteiger partial charge >= 0.3 is 0 Å². The lowest BCUT2D eigenvalue weighted by Gasteiger charge is -2.42. The molecule has 0 saturated carbocycles. The van der Waals surface area contributed by atoms with Crippen LogP contribution in [-0.4, -0.2) is 65.8 Å². The minimum absolute atomic E-state index is 0.164. The second kappa shape index (κ2) is 7.04. The second-order valence-corrected chi connectivity index (χ2v) is 6.07. The minimum Gasteiger partial charge on any atom is -0.377 e. The molecule has 1 saturated heterocycles. The molecule has 0 spiro atoms. The zero-order chi connectivity index (χ0) is 15.3. The summed E-state index contributed by atoms with van der Waals surface area (Å²) in [5.74, 6) is 0.164. The number of likely N-dealkylation sites (tertiary alicyclic amines) is 1. The van der Waals surface area contributed by atoms with Crippen molar-refractivity contribution >= 4 is 5.91 Å². The Morgan fingerprint density at radius 3 is 3.00 bits per heavy atom. The number of amides is 1. The quantitative estimate of drug-likeness (QED) is 0.858. The van der Waals surface area contributed by atoms with E-state index in [0.717, 1.165) is 44.6 Å². The highest BCUT2D eigenvalue weighted by Gasteiger charge is 2.35. The summed E-state index contributed by atoms with van der Waals surface area (Å²) in [6.07, 6.45) is 5.21. The summed E-state index contributed by atoms with van der Waals surface area (Å²) in [4.78, 5) is 15.8. The van der Waals surface area contributed by atoms with Crippen LogP contribution in [0.4, 0.5) is 0 Å². The molecule has 6 heteroatoms. The van der Waals surface area contributed by atoms with Gasteiger partial charge in [-0.05, 0) is 31.9 Å². The van der Waals surface area contributed by atoms with Crippen molar-refractivity contribution in [3.8, 4) is 0 Å². The van der Waals surface area contributed by atoms with Gasteiger partial charge in [-0.25, -0.2) is 0 Å². The second-order valence-electron chi connectivity index (χ2n) is 6.07. The zero-order valence-electron chi connectivity index (χ0n) is 13.3. The Hall–Kier alpha value is -1.40. The van der Waals surface area contributed by atoms with Crippen molar-refractivity contribution < 1.29 is 9.53 Å². The number of hydrogen-bond donors (Lipinski definition) is 1. The summed E-state index contributed by atoms with van der Waals surface area (Å²) in [6.45, 7) is 2.78. The average molecular weight is 294 g/mol. The third kappa shape index (κ3) is 4.28. The molecule has 1 amide bonds. The number of H-pyrrole nitrogens is 1. The van der Waals surface area contributed by atoms with Crippen LogP contribution >= 0.6 is 0 Å². The Morgan fingerprint density at radius 2 is 2.38 bits per heavy atom. The fourth-order valence-electron chi connectivity index (χ4n) is 2.97. The third-order valence-electron chi connectivity index (χ3n) is 4.30. The van der Waals surface area contributed by atoms with Gasteiger partial charge in [-0.3, -0.25) is 14.8 Å². The first-order chi connectivity index (χ1) is 10.0. The lowest BCUT2D eigenvalue weighted by molar-refractivity contribution is -0.132. The van der Waals surface area contributed by atoms with E-state index >= 15 is 0 Å². The molecule has 1 atom stereocenters. The number of hydrogen-bond acceptors (Lipinski definition) is 4. The van der Waals surface area contributed by atoms with Gasteiger partial charge in [-0.2, -0.15) is 5.10 Å². The van der Waals surface area contributed by atoms with Gasteiger partial charge in [-0.1, -0.05) is 0 Å². The van der Waals surface area contributed by atoms with E-state index in [-0.39, 0.29) is 11.5 Å². The molecule has 1 aromatic heterocycles. The molecule has 1 aromatic rings. The Kier molecular flexibility index (Phi) is 5.36. The fraction of sp³-hybridized carbons (Fsp3) is 0.733. The molecule has 2 heterocycles. The highest BCUT2D eigenvalue weighted by molar-refractivity contribution is 5.75. The summed E-state index contributed by atoms with van der Waals surface area (Å²) in [5.41, 5.74) is 0.912.